The number of ether oxygens (including phenoxy) is 1. The van der Waals surface area contributed by atoms with E-state index in [-0.39, 0.29) is 12.1 Å². The van der Waals surface area contributed by atoms with Crippen molar-refractivity contribution in [2.45, 2.75) is 39.2 Å². The molecule has 1 aliphatic rings. The first-order valence-electron chi connectivity index (χ1n) is 5.66. The maximum absolute atomic E-state index is 10.7. The predicted molar refractivity (Wildman–Crippen MR) is 63.4 cm³/mol. The first-order chi connectivity index (χ1) is 8.66. The second-order valence-electron chi connectivity index (χ2n) is 3.04. The minimum absolute atomic E-state index is 0.0463. The number of hydrogen-bond donors (Lipinski definition) is 3. The van der Waals surface area contributed by atoms with Crippen molar-refractivity contribution in [2.75, 3.05) is 7.11 Å². The van der Waals surface area contributed by atoms with Crippen molar-refractivity contribution < 1.29 is 19.7 Å². The van der Waals surface area contributed by atoms with Crippen LogP contribution in [-0.4, -0.2) is 44.3 Å². The first kappa shape index (κ1) is 16.5. The van der Waals surface area contributed by atoms with Crippen LogP contribution in [0.5, 0.6) is 0 Å². The first-order valence-corrected chi connectivity index (χ1v) is 5.66. The zero-order chi connectivity index (χ0) is 14.1. The third-order valence-electron chi connectivity index (χ3n) is 2.00. The number of amides is 1. The highest BCUT2D eigenvalue weighted by molar-refractivity contribution is 5.88. The third-order valence-corrected chi connectivity index (χ3v) is 2.00. The molecular weight excluding hydrogens is 240 g/mol. The standard InChI is InChI=1S/C7H10N4O3.C2H6.CH4O/c8-6(13)7-9-3-11(10-7)4-1-2-5(12)14-4;2*1-2/h3-5,12H,1-2H2,(H2,8,13);1-2H3;2H,1H3. The van der Waals surface area contributed by atoms with Gasteiger partial charge in [-0.1, -0.05) is 13.8 Å². The Kier molecular flexibility index (Phi) is 7.84. The molecule has 2 unspecified atom stereocenters. The van der Waals surface area contributed by atoms with Gasteiger partial charge in [-0.05, 0) is 6.42 Å². The van der Waals surface area contributed by atoms with E-state index >= 15 is 0 Å². The van der Waals surface area contributed by atoms with E-state index in [1.807, 2.05) is 13.8 Å². The topological polar surface area (TPSA) is 123 Å². The third kappa shape index (κ3) is 4.40. The number of primary amides is 1. The summed E-state index contributed by atoms with van der Waals surface area (Å²) in [6.07, 6.45) is 1.44. The molecule has 1 aromatic heterocycles. The fourth-order valence-electron chi connectivity index (χ4n) is 1.32. The summed E-state index contributed by atoms with van der Waals surface area (Å²) in [6.45, 7) is 4.00. The molecule has 104 valence electrons. The number of aliphatic hydroxyl groups excluding tert-OH is 2. The van der Waals surface area contributed by atoms with Crippen molar-refractivity contribution in [3.63, 3.8) is 0 Å². The van der Waals surface area contributed by atoms with E-state index in [1.165, 1.54) is 11.0 Å². The Morgan fingerprint density at radius 2 is 2.11 bits per heavy atom. The summed E-state index contributed by atoms with van der Waals surface area (Å²) in [4.78, 5) is 14.4. The van der Waals surface area contributed by atoms with Crippen LogP contribution in [0.3, 0.4) is 0 Å². The molecule has 1 fully saturated rings. The van der Waals surface area contributed by atoms with Gasteiger partial charge in [0.1, 0.15) is 6.33 Å². The van der Waals surface area contributed by atoms with Crippen molar-refractivity contribution in [1.82, 2.24) is 14.8 Å². The van der Waals surface area contributed by atoms with Gasteiger partial charge in [0.2, 0.25) is 5.82 Å². The Labute approximate surface area is 105 Å². The van der Waals surface area contributed by atoms with Gasteiger partial charge in [0.05, 0.1) is 0 Å². The number of carbonyl (C=O) groups excluding carboxylic acids is 1. The van der Waals surface area contributed by atoms with Crippen LogP contribution in [0.25, 0.3) is 0 Å². The normalized spacial score (nSPS) is 21.4. The lowest BCUT2D eigenvalue weighted by Crippen LogP contribution is -2.15. The summed E-state index contributed by atoms with van der Waals surface area (Å²) in [5.74, 6) is -0.725. The molecule has 2 atom stereocenters. The summed E-state index contributed by atoms with van der Waals surface area (Å²) in [5, 5.41) is 19.9. The second-order valence-corrected chi connectivity index (χ2v) is 3.04. The highest BCUT2D eigenvalue weighted by atomic mass is 16.6. The molecule has 0 saturated carbocycles. The van der Waals surface area contributed by atoms with Gasteiger partial charge in [-0.3, -0.25) is 4.79 Å². The number of aromatic nitrogens is 3. The van der Waals surface area contributed by atoms with E-state index < -0.39 is 12.2 Å². The molecule has 18 heavy (non-hydrogen) atoms. The van der Waals surface area contributed by atoms with Gasteiger partial charge in [-0.25, -0.2) is 9.67 Å². The zero-order valence-corrected chi connectivity index (χ0v) is 10.8. The summed E-state index contributed by atoms with van der Waals surface area (Å²) in [6, 6.07) is 0. The van der Waals surface area contributed by atoms with Gasteiger partial charge < -0.3 is 20.7 Å². The number of hydrogen-bond acceptors (Lipinski definition) is 6. The smallest absolute Gasteiger partial charge is 0.288 e. The van der Waals surface area contributed by atoms with E-state index in [4.69, 9.17) is 20.7 Å². The minimum Gasteiger partial charge on any atom is -0.400 e. The summed E-state index contributed by atoms with van der Waals surface area (Å²) in [5.41, 5.74) is 4.99. The van der Waals surface area contributed by atoms with Crippen LogP contribution in [0, 0.1) is 0 Å². The zero-order valence-electron chi connectivity index (χ0n) is 10.8. The molecule has 0 aliphatic carbocycles. The Balaban J connectivity index is 0.000000659. The molecule has 0 aromatic carbocycles. The Morgan fingerprint density at radius 3 is 2.50 bits per heavy atom. The van der Waals surface area contributed by atoms with Crippen molar-refractivity contribution in [3.05, 3.63) is 12.2 Å². The van der Waals surface area contributed by atoms with Crippen molar-refractivity contribution in [2.24, 2.45) is 5.73 Å². The predicted octanol–water partition coefficient (Wildman–Crippen LogP) is -0.361. The molecule has 2 rings (SSSR count). The fraction of sp³-hybridized carbons (Fsp3) is 0.700. The maximum Gasteiger partial charge on any atom is 0.288 e. The van der Waals surface area contributed by atoms with Crippen LogP contribution in [0.1, 0.15) is 43.5 Å². The Hall–Kier alpha value is -1.51. The number of rotatable bonds is 2. The van der Waals surface area contributed by atoms with Gasteiger partial charge >= 0.3 is 0 Å². The molecule has 1 saturated heterocycles. The van der Waals surface area contributed by atoms with E-state index in [2.05, 4.69) is 10.1 Å². The number of nitrogens with zero attached hydrogens (tertiary/aromatic N) is 3. The monoisotopic (exact) mass is 260 g/mol. The molecule has 1 amide bonds. The Bertz CT molecular complexity index is 355. The number of carbonyl (C=O) groups is 1. The van der Waals surface area contributed by atoms with Gasteiger partial charge in [-0.2, -0.15) is 0 Å². The molecule has 0 radical (unpaired) electrons. The molecule has 2 heterocycles. The van der Waals surface area contributed by atoms with Crippen LogP contribution in [0.2, 0.25) is 0 Å². The highest BCUT2D eigenvalue weighted by Gasteiger charge is 2.25. The molecule has 1 aliphatic heterocycles. The lowest BCUT2D eigenvalue weighted by atomic mass is 10.3. The average molecular weight is 260 g/mol. The number of aliphatic hydroxyl groups is 2. The molecule has 8 heteroatoms. The molecular formula is C10H20N4O4. The van der Waals surface area contributed by atoms with Gasteiger partial charge in [0.25, 0.3) is 5.91 Å². The second kappa shape index (κ2) is 8.56. The van der Waals surface area contributed by atoms with Gasteiger partial charge in [0, 0.05) is 13.5 Å². The average Bonchev–Trinajstić information content (AvgIpc) is 3.02. The summed E-state index contributed by atoms with van der Waals surface area (Å²) < 4.78 is 6.49. The van der Waals surface area contributed by atoms with E-state index in [0.29, 0.717) is 12.8 Å². The highest BCUT2D eigenvalue weighted by Crippen LogP contribution is 2.25. The van der Waals surface area contributed by atoms with Crippen LogP contribution in [-0.2, 0) is 4.74 Å². The quantitative estimate of drug-likeness (QED) is 0.667. The van der Waals surface area contributed by atoms with Crippen LogP contribution in [0.4, 0.5) is 0 Å². The van der Waals surface area contributed by atoms with E-state index in [9.17, 15) is 4.79 Å². The van der Waals surface area contributed by atoms with Crippen molar-refractivity contribution in [3.8, 4) is 0 Å². The van der Waals surface area contributed by atoms with Crippen molar-refractivity contribution >= 4 is 5.91 Å². The SMILES string of the molecule is CC.CO.NC(=O)c1ncn(C2CCC(O)O2)n1. The molecule has 0 spiro atoms. The van der Waals surface area contributed by atoms with E-state index in [1.54, 1.807) is 0 Å². The van der Waals surface area contributed by atoms with E-state index in [0.717, 1.165) is 7.11 Å². The Morgan fingerprint density at radius 1 is 1.50 bits per heavy atom. The van der Waals surface area contributed by atoms with Gasteiger partial charge in [-0.15, -0.1) is 5.10 Å². The summed E-state index contributed by atoms with van der Waals surface area (Å²) >= 11 is 0. The summed E-state index contributed by atoms with van der Waals surface area (Å²) in [7, 11) is 1.00. The van der Waals surface area contributed by atoms with Crippen LogP contribution >= 0.6 is 0 Å². The molecule has 0 bridgehead atoms. The largest absolute Gasteiger partial charge is 0.400 e. The van der Waals surface area contributed by atoms with Crippen LogP contribution in [0.15, 0.2) is 6.33 Å². The number of nitrogens with two attached hydrogens (primary N) is 1. The molecule has 8 nitrogen and oxygen atoms in total. The fourth-order valence-corrected chi connectivity index (χ4v) is 1.32. The maximum atomic E-state index is 10.7. The van der Waals surface area contributed by atoms with Gasteiger partial charge in [0.15, 0.2) is 12.5 Å². The lowest BCUT2D eigenvalue weighted by molar-refractivity contribution is -0.116. The van der Waals surface area contributed by atoms with Crippen LogP contribution < -0.4 is 5.73 Å². The lowest BCUT2D eigenvalue weighted by Gasteiger charge is -2.08. The van der Waals surface area contributed by atoms with Crippen molar-refractivity contribution in [1.29, 1.82) is 0 Å². The molecule has 4 N–H and O–H groups in total. The molecule has 1 aromatic rings. The minimum atomic E-state index is -0.763.